The van der Waals surface area contributed by atoms with E-state index in [-0.39, 0.29) is 11.7 Å². The Morgan fingerprint density at radius 2 is 1.92 bits per heavy atom. The molecule has 0 aliphatic heterocycles. The minimum absolute atomic E-state index is 0.130. The highest BCUT2D eigenvalue weighted by Crippen LogP contribution is 2.21. The highest BCUT2D eigenvalue weighted by Gasteiger charge is 2.11. The molecule has 0 radical (unpaired) electrons. The summed E-state index contributed by atoms with van der Waals surface area (Å²) in [6.07, 6.45) is 0. The first-order valence-electron chi connectivity index (χ1n) is 4.33. The first kappa shape index (κ1) is 9.99. The van der Waals surface area contributed by atoms with E-state index < -0.39 is 5.82 Å². The minimum Gasteiger partial charge on any atom is -0.396 e. The third kappa shape index (κ3) is 2.18. The predicted molar refractivity (Wildman–Crippen MR) is 52.6 cm³/mol. The quantitative estimate of drug-likeness (QED) is 0.688. The van der Waals surface area contributed by atoms with Crippen molar-refractivity contribution < 1.29 is 4.39 Å². The van der Waals surface area contributed by atoms with Gasteiger partial charge in [-0.25, -0.2) is 4.39 Å². The Morgan fingerprint density at radius 1 is 1.31 bits per heavy atom. The lowest BCUT2D eigenvalue weighted by Crippen LogP contribution is -2.16. The van der Waals surface area contributed by atoms with Crippen LogP contribution in [0.15, 0.2) is 18.2 Å². The summed E-state index contributed by atoms with van der Waals surface area (Å²) in [4.78, 5) is 0. The minimum atomic E-state index is -0.395. The first-order chi connectivity index (χ1) is 6.02. The van der Waals surface area contributed by atoms with Gasteiger partial charge in [0.05, 0.1) is 5.69 Å². The van der Waals surface area contributed by atoms with Gasteiger partial charge in [-0.05, 0) is 23.6 Å². The van der Waals surface area contributed by atoms with Gasteiger partial charge in [0.25, 0.3) is 0 Å². The Bertz CT molecular complexity index is 297. The van der Waals surface area contributed by atoms with E-state index in [2.05, 4.69) is 0 Å². The predicted octanol–water partition coefficient (Wildman–Crippen LogP) is 2.06. The molecule has 0 aromatic heterocycles. The molecule has 0 bridgehead atoms. The van der Waals surface area contributed by atoms with Gasteiger partial charge in [0, 0.05) is 6.04 Å². The smallest absolute Gasteiger partial charge is 0.146 e. The van der Waals surface area contributed by atoms with Crippen LogP contribution in [0.3, 0.4) is 0 Å². The molecular formula is C10H15FN2. The van der Waals surface area contributed by atoms with Crippen LogP contribution in [0.2, 0.25) is 0 Å². The molecule has 1 rings (SSSR count). The fourth-order valence-electron chi connectivity index (χ4n) is 1.14. The molecule has 4 N–H and O–H groups in total. The van der Waals surface area contributed by atoms with E-state index in [1.54, 1.807) is 12.1 Å². The van der Waals surface area contributed by atoms with Gasteiger partial charge in [0.15, 0.2) is 0 Å². The zero-order valence-corrected chi connectivity index (χ0v) is 7.92. The summed E-state index contributed by atoms with van der Waals surface area (Å²) in [5, 5.41) is 0. The molecule has 0 heterocycles. The molecule has 1 aromatic carbocycles. The van der Waals surface area contributed by atoms with E-state index in [0.29, 0.717) is 5.92 Å². The average molecular weight is 182 g/mol. The van der Waals surface area contributed by atoms with Crippen molar-refractivity contribution in [1.82, 2.24) is 0 Å². The Labute approximate surface area is 77.7 Å². The number of hydrogen-bond acceptors (Lipinski definition) is 2. The number of nitrogen functional groups attached to an aromatic ring is 1. The summed E-state index contributed by atoms with van der Waals surface area (Å²) >= 11 is 0. The van der Waals surface area contributed by atoms with Crippen molar-refractivity contribution in [2.45, 2.75) is 19.9 Å². The maximum atomic E-state index is 13.0. The molecule has 0 aliphatic rings. The molecule has 0 fully saturated rings. The lowest BCUT2D eigenvalue weighted by molar-refractivity contribution is 0.510. The summed E-state index contributed by atoms with van der Waals surface area (Å²) in [5.74, 6) is -0.100. The third-order valence-corrected chi connectivity index (χ3v) is 2.13. The van der Waals surface area contributed by atoms with E-state index in [9.17, 15) is 4.39 Å². The molecule has 0 saturated heterocycles. The molecule has 0 spiro atoms. The molecule has 3 heteroatoms. The molecule has 1 aromatic rings. The molecule has 72 valence electrons. The van der Waals surface area contributed by atoms with Crippen molar-refractivity contribution in [3.05, 3.63) is 29.6 Å². The molecule has 0 amide bonds. The van der Waals surface area contributed by atoms with E-state index in [1.165, 1.54) is 6.07 Å². The summed E-state index contributed by atoms with van der Waals surface area (Å²) < 4.78 is 13.0. The van der Waals surface area contributed by atoms with Crippen LogP contribution in [0.25, 0.3) is 0 Å². The van der Waals surface area contributed by atoms with Gasteiger partial charge in [0.2, 0.25) is 0 Å². The van der Waals surface area contributed by atoms with Gasteiger partial charge in [-0.15, -0.1) is 0 Å². The van der Waals surface area contributed by atoms with Gasteiger partial charge in [-0.1, -0.05) is 19.9 Å². The van der Waals surface area contributed by atoms with Crippen molar-refractivity contribution >= 4 is 5.69 Å². The second-order valence-electron chi connectivity index (χ2n) is 3.55. The topological polar surface area (TPSA) is 52.0 Å². The molecule has 0 saturated carbocycles. The van der Waals surface area contributed by atoms with E-state index in [4.69, 9.17) is 11.5 Å². The first-order valence-corrected chi connectivity index (χ1v) is 4.33. The van der Waals surface area contributed by atoms with Crippen LogP contribution < -0.4 is 11.5 Å². The normalized spacial score (nSPS) is 13.3. The van der Waals surface area contributed by atoms with Crippen molar-refractivity contribution in [3.8, 4) is 0 Å². The number of rotatable bonds is 2. The molecule has 0 aliphatic carbocycles. The Balaban J connectivity index is 2.97. The lowest BCUT2D eigenvalue weighted by atomic mass is 9.97. The molecule has 1 atom stereocenters. The van der Waals surface area contributed by atoms with Crippen LogP contribution in [-0.4, -0.2) is 0 Å². The lowest BCUT2D eigenvalue weighted by Gasteiger charge is -2.16. The zero-order valence-electron chi connectivity index (χ0n) is 7.92. The van der Waals surface area contributed by atoms with Gasteiger partial charge in [-0.3, -0.25) is 0 Å². The van der Waals surface area contributed by atoms with Crippen LogP contribution in [-0.2, 0) is 0 Å². The molecule has 2 nitrogen and oxygen atoms in total. The van der Waals surface area contributed by atoms with Crippen molar-refractivity contribution in [2.24, 2.45) is 11.7 Å². The SMILES string of the molecule is CC(C)[C@H](N)c1ccc(N)c(F)c1. The monoisotopic (exact) mass is 182 g/mol. The Morgan fingerprint density at radius 3 is 2.38 bits per heavy atom. The standard InChI is InChI=1S/C10H15FN2/c1-6(2)10(13)7-3-4-9(12)8(11)5-7/h3-6,10H,12-13H2,1-2H3/t10-/m0/s1. The van der Waals surface area contributed by atoms with Gasteiger partial charge < -0.3 is 11.5 Å². The van der Waals surface area contributed by atoms with Gasteiger partial charge in [0.1, 0.15) is 5.82 Å². The number of halogens is 1. The maximum absolute atomic E-state index is 13.0. The number of benzene rings is 1. The van der Waals surface area contributed by atoms with Crippen LogP contribution in [0.5, 0.6) is 0 Å². The summed E-state index contributed by atoms with van der Waals surface area (Å²) in [6, 6.07) is 4.59. The van der Waals surface area contributed by atoms with Gasteiger partial charge >= 0.3 is 0 Å². The van der Waals surface area contributed by atoms with Crippen molar-refractivity contribution in [2.75, 3.05) is 5.73 Å². The second-order valence-corrected chi connectivity index (χ2v) is 3.55. The van der Waals surface area contributed by atoms with Crippen LogP contribution in [0.1, 0.15) is 25.5 Å². The molecular weight excluding hydrogens is 167 g/mol. The third-order valence-electron chi connectivity index (χ3n) is 2.13. The van der Waals surface area contributed by atoms with Crippen LogP contribution in [0, 0.1) is 11.7 Å². The number of hydrogen-bond donors (Lipinski definition) is 2. The second kappa shape index (κ2) is 3.75. The number of nitrogens with two attached hydrogens (primary N) is 2. The maximum Gasteiger partial charge on any atom is 0.146 e. The van der Waals surface area contributed by atoms with Crippen LogP contribution in [0.4, 0.5) is 10.1 Å². The fourth-order valence-corrected chi connectivity index (χ4v) is 1.14. The highest BCUT2D eigenvalue weighted by atomic mass is 19.1. The van der Waals surface area contributed by atoms with Crippen LogP contribution >= 0.6 is 0 Å². The van der Waals surface area contributed by atoms with E-state index >= 15 is 0 Å². The summed E-state index contributed by atoms with van der Waals surface area (Å²) in [6.45, 7) is 4.00. The largest absolute Gasteiger partial charge is 0.396 e. The summed E-state index contributed by atoms with van der Waals surface area (Å²) in [7, 11) is 0. The Kier molecular flexibility index (Phi) is 2.88. The zero-order chi connectivity index (χ0) is 10.0. The molecule has 13 heavy (non-hydrogen) atoms. The van der Waals surface area contributed by atoms with Gasteiger partial charge in [-0.2, -0.15) is 0 Å². The van der Waals surface area contributed by atoms with Crippen molar-refractivity contribution in [3.63, 3.8) is 0 Å². The van der Waals surface area contributed by atoms with Crippen molar-refractivity contribution in [1.29, 1.82) is 0 Å². The Hall–Kier alpha value is -1.09. The molecule has 0 unspecified atom stereocenters. The van der Waals surface area contributed by atoms with E-state index in [0.717, 1.165) is 5.56 Å². The number of anilines is 1. The average Bonchev–Trinajstić information content (AvgIpc) is 2.08. The van der Waals surface area contributed by atoms with E-state index in [1.807, 2.05) is 13.8 Å². The summed E-state index contributed by atoms with van der Waals surface area (Å²) in [5.41, 5.74) is 12.2. The highest BCUT2D eigenvalue weighted by molar-refractivity contribution is 5.42. The fraction of sp³-hybridized carbons (Fsp3) is 0.400.